The van der Waals surface area contributed by atoms with Gasteiger partial charge in [-0.25, -0.2) is 5.43 Å². The second-order valence-corrected chi connectivity index (χ2v) is 5.27. The summed E-state index contributed by atoms with van der Waals surface area (Å²) in [5, 5.41) is 14.9. The van der Waals surface area contributed by atoms with E-state index in [0.29, 0.717) is 0 Å². The third-order valence-corrected chi connectivity index (χ3v) is 3.61. The Labute approximate surface area is 129 Å². The maximum atomic E-state index is 12.0. The first kappa shape index (κ1) is 16.1. The number of rotatable bonds is 5. The summed E-state index contributed by atoms with van der Waals surface area (Å²) in [5.74, 6) is -0.424. The predicted molar refractivity (Wildman–Crippen MR) is 84.0 cm³/mol. The van der Waals surface area contributed by atoms with Crippen LogP contribution in [0.25, 0.3) is 0 Å². The molecule has 0 bridgehead atoms. The second kappa shape index (κ2) is 7.65. The molecule has 7 nitrogen and oxygen atoms in total. The molecule has 1 aliphatic rings. The van der Waals surface area contributed by atoms with E-state index >= 15 is 0 Å². The van der Waals surface area contributed by atoms with Gasteiger partial charge in [-0.15, -0.1) is 0 Å². The average Bonchev–Trinajstić information content (AvgIpc) is 2.54. The Kier molecular flexibility index (Phi) is 5.60. The highest BCUT2D eigenvalue weighted by Gasteiger charge is 2.15. The molecule has 7 heteroatoms. The molecule has 1 aromatic carbocycles. The lowest BCUT2D eigenvalue weighted by Gasteiger charge is -2.26. The van der Waals surface area contributed by atoms with Gasteiger partial charge >= 0.3 is 0 Å². The average molecular weight is 304 g/mol. The van der Waals surface area contributed by atoms with E-state index in [-0.39, 0.29) is 11.3 Å². The van der Waals surface area contributed by atoms with Gasteiger partial charge in [0.25, 0.3) is 11.6 Å². The van der Waals surface area contributed by atoms with Gasteiger partial charge in [-0.3, -0.25) is 14.9 Å². The number of benzene rings is 1. The number of hydrazone groups is 1. The van der Waals surface area contributed by atoms with Gasteiger partial charge in [0.2, 0.25) is 0 Å². The number of non-ortho nitro benzene ring substituents is 1. The summed E-state index contributed by atoms with van der Waals surface area (Å²) in [7, 11) is 0. The Morgan fingerprint density at radius 2 is 2.14 bits per heavy atom. The molecule has 1 heterocycles. The third-order valence-electron chi connectivity index (χ3n) is 3.61. The molecule has 118 valence electrons. The number of nitrogens with one attached hydrogen (secondary N) is 1. The Balaban J connectivity index is 1.91. The lowest BCUT2D eigenvalue weighted by molar-refractivity contribution is -0.384. The van der Waals surface area contributed by atoms with Crippen molar-refractivity contribution in [2.75, 3.05) is 19.6 Å². The molecule has 0 spiro atoms. The number of nitrogens with zero attached hydrogens (tertiary/aromatic N) is 3. The Hall–Kier alpha value is -2.28. The van der Waals surface area contributed by atoms with E-state index in [1.165, 1.54) is 24.3 Å². The van der Waals surface area contributed by atoms with Crippen molar-refractivity contribution in [2.24, 2.45) is 5.10 Å². The molecule has 2 rings (SSSR count). The minimum Gasteiger partial charge on any atom is -0.303 e. The molecular weight excluding hydrogens is 284 g/mol. The molecule has 1 saturated heterocycles. The van der Waals surface area contributed by atoms with Gasteiger partial charge in [0.05, 0.1) is 4.92 Å². The molecule has 1 aliphatic heterocycles. The van der Waals surface area contributed by atoms with Gasteiger partial charge in [0, 0.05) is 49.3 Å². The van der Waals surface area contributed by atoms with Crippen LogP contribution in [0.4, 0.5) is 5.69 Å². The molecule has 0 radical (unpaired) electrons. The largest absolute Gasteiger partial charge is 0.303 e. The number of hydrogen-bond acceptors (Lipinski definition) is 5. The van der Waals surface area contributed by atoms with E-state index in [2.05, 4.69) is 22.4 Å². The molecule has 1 amide bonds. The zero-order chi connectivity index (χ0) is 15.9. The Bertz CT molecular complexity index is 576. The number of piperidine rings is 1. The zero-order valence-electron chi connectivity index (χ0n) is 12.6. The Morgan fingerprint density at radius 1 is 1.41 bits per heavy atom. The van der Waals surface area contributed by atoms with E-state index in [0.717, 1.165) is 44.6 Å². The molecule has 0 atom stereocenters. The monoisotopic (exact) mass is 304 g/mol. The fraction of sp³-hybridized carbons (Fsp3) is 0.467. The first-order valence-electron chi connectivity index (χ1n) is 7.42. The summed E-state index contributed by atoms with van der Waals surface area (Å²) in [5.41, 5.74) is 3.59. The molecular formula is C15H20N4O3. The number of nitro benzene ring substituents is 1. The normalized spacial score (nSPS) is 15.4. The minimum absolute atomic E-state index is 0.104. The SMILES string of the molecule is CCCN1CCC(=NNC(=O)c2cccc([N+](=O)[O-])c2)CC1. The van der Waals surface area contributed by atoms with Gasteiger partial charge in [-0.2, -0.15) is 5.10 Å². The van der Waals surface area contributed by atoms with Gasteiger partial charge in [0.1, 0.15) is 0 Å². The van der Waals surface area contributed by atoms with Crippen molar-refractivity contribution in [3.8, 4) is 0 Å². The predicted octanol–water partition coefficient (Wildman–Crippen LogP) is 2.19. The Morgan fingerprint density at radius 3 is 2.77 bits per heavy atom. The number of carbonyl (C=O) groups excluding carboxylic acids is 1. The molecule has 1 fully saturated rings. The maximum absolute atomic E-state index is 12.0. The zero-order valence-corrected chi connectivity index (χ0v) is 12.6. The summed E-state index contributed by atoms with van der Waals surface area (Å²) < 4.78 is 0. The fourth-order valence-corrected chi connectivity index (χ4v) is 2.42. The summed E-state index contributed by atoms with van der Waals surface area (Å²) >= 11 is 0. The highest BCUT2D eigenvalue weighted by atomic mass is 16.6. The summed E-state index contributed by atoms with van der Waals surface area (Å²) in [6, 6.07) is 5.63. The van der Waals surface area contributed by atoms with Crippen molar-refractivity contribution < 1.29 is 9.72 Å². The number of likely N-dealkylation sites (tertiary alicyclic amines) is 1. The van der Waals surface area contributed by atoms with Gasteiger partial charge in [-0.05, 0) is 19.0 Å². The van der Waals surface area contributed by atoms with Crippen LogP contribution in [0.2, 0.25) is 0 Å². The number of hydrogen-bond donors (Lipinski definition) is 1. The summed E-state index contributed by atoms with van der Waals surface area (Å²) in [6.07, 6.45) is 2.82. The van der Waals surface area contributed by atoms with Crippen molar-refractivity contribution >= 4 is 17.3 Å². The smallest absolute Gasteiger partial charge is 0.271 e. The highest BCUT2D eigenvalue weighted by molar-refractivity contribution is 5.96. The van der Waals surface area contributed by atoms with Crippen molar-refractivity contribution in [2.45, 2.75) is 26.2 Å². The number of amides is 1. The molecule has 0 aromatic heterocycles. The van der Waals surface area contributed by atoms with Gasteiger partial charge in [0.15, 0.2) is 0 Å². The number of carbonyl (C=O) groups is 1. The number of nitro groups is 1. The fourth-order valence-electron chi connectivity index (χ4n) is 2.42. The van der Waals surface area contributed by atoms with Gasteiger partial charge < -0.3 is 4.90 Å². The van der Waals surface area contributed by atoms with Crippen molar-refractivity contribution in [3.05, 3.63) is 39.9 Å². The van der Waals surface area contributed by atoms with Crippen LogP contribution < -0.4 is 5.43 Å². The van der Waals surface area contributed by atoms with Crippen LogP contribution in [-0.4, -0.2) is 41.1 Å². The minimum atomic E-state index is -0.522. The molecule has 1 aromatic rings. The lowest BCUT2D eigenvalue weighted by Crippen LogP contribution is -2.35. The molecule has 1 N–H and O–H groups in total. The van der Waals surface area contributed by atoms with Crippen LogP contribution in [0.1, 0.15) is 36.5 Å². The van der Waals surface area contributed by atoms with Crippen molar-refractivity contribution in [3.63, 3.8) is 0 Å². The van der Waals surface area contributed by atoms with E-state index in [1.54, 1.807) is 0 Å². The summed E-state index contributed by atoms with van der Waals surface area (Å²) in [6.45, 7) is 5.16. The van der Waals surface area contributed by atoms with E-state index in [9.17, 15) is 14.9 Å². The molecule has 0 aliphatic carbocycles. The molecule has 0 saturated carbocycles. The van der Waals surface area contributed by atoms with Crippen LogP contribution in [0.3, 0.4) is 0 Å². The van der Waals surface area contributed by atoms with E-state index < -0.39 is 10.8 Å². The molecule has 0 unspecified atom stereocenters. The van der Waals surface area contributed by atoms with Crippen LogP contribution in [0.5, 0.6) is 0 Å². The van der Waals surface area contributed by atoms with Gasteiger partial charge in [-0.1, -0.05) is 13.0 Å². The summed E-state index contributed by atoms with van der Waals surface area (Å²) in [4.78, 5) is 24.5. The first-order chi connectivity index (χ1) is 10.6. The topological polar surface area (TPSA) is 87.8 Å². The van der Waals surface area contributed by atoms with Crippen molar-refractivity contribution in [1.82, 2.24) is 10.3 Å². The quantitative estimate of drug-likeness (QED) is 0.667. The lowest BCUT2D eigenvalue weighted by atomic mass is 10.1. The van der Waals surface area contributed by atoms with Crippen LogP contribution in [0, 0.1) is 10.1 Å². The first-order valence-corrected chi connectivity index (χ1v) is 7.42. The second-order valence-electron chi connectivity index (χ2n) is 5.27. The third kappa shape index (κ3) is 4.36. The highest BCUT2D eigenvalue weighted by Crippen LogP contribution is 2.13. The standard InChI is InChI=1S/C15H20N4O3/c1-2-8-18-9-6-13(7-10-18)16-17-15(20)12-4-3-5-14(11-12)19(21)22/h3-5,11H,2,6-10H2,1H3,(H,17,20). The molecule has 22 heavy (non-hydrogen) atoms. The van der Waals surface area contributed by atoms with Crippen LogP contribution in [-0.2, 0) is 0 Å². The maximum Gasteiger partial charge on any atom is 0.271 e. The van der Waals surface area contributed by atoms with Crippen LogP contribution in [0.15, 0.2) is 29.4 Å². The van der Waals surface area contributed by atoms with Crippen molar-refractivity contribution in [1.29, 1.82) is 0 Å². The van der Waals surface area contributed by atoms with E-state index in [1.807, 2.05) is 0 Å². The van der Waals surface area contributed by atoms with E-state index in [4.69, 9.17) is 0 Å². The van der Waals surface area contributed by atoms with Crippen LogP contribution >= 0.6 is 0 Å².